The molecule has 0 spiro atoms. The van der Waals surface area contributed by atoms with Gasteiger partial charge >= 0.3 is 0 Å². The van der Waals surface area contributed by atoms with Crippen molar-refractivity contribution in [2.24, 2.45) is 11.8 Å². The Hall–Kier alpha value is 1.50. The first-order chi connectivity index (χ1) is 6.50. The predicted molar refractivity (Wildman–Crippen MR) is 74.4 cm³/mol. The minimum atomic E-state index is -3.11. The maximum absolute atomic E-state index is 8.24. The van der Waals surface area contributed by atoms with Gasteiger partial charge in [-0.3, -0.25) is 0 Å². The summed E-state index contributed by atoms with van der Waals surface area (Å²) in [5.74, 6) is 1.23. The van der Waals surface area contributed by atoms with Crippen molar-refractivity contribution in [2.45, 2.75) is 34.1 Å². The van der Waals surface area contributed by atoms with Crippen LogP contribution in [-0.4, -0.2) is 21.5 Å². The van der Waals surface area contributed by atoms with Crippen molar-refractivity contribution < 1.29 is 34.4 Å². The smallest absolute Gasteiger partial charge is 0.239 e. The molecule has 0 unspecified atom stereocenters. The van der Waals surface area contributed by atoms with Crippen molar-refractivity contribution in [3.63, 3.8) is 0 Å². The van der Waals surface area contributed by atoms with Gasteiger partial charge in [0, 0.05) is 26.1 Å². The molecule has 0 aliphatic heterocycles. The average Bonchev–Trinajstić information content (AvgIpc) is 1.79. The van der Waals surface area contributed by atoms with E-state index in [2.05, 4.69) is 58.7 Å². The van der Waals surface area contributed by atoms with Crippen molar-refractivity contribution in [3.8, 4) is 0 Å². The first-order valence-electron chi connectivity index (χ1n) is 4.72. The Morgan fingerprint density at radius 3 is 1.44 bits per heavy atom. The Balaban J connectivity index is -0.0000000668. The molecule has 0 radical (unpaired) electrons. The molecule has 0 aliphatic carbocycles. The van der Waals surface area contributed by atoms with Crippen molar-refractivity contribution in [2.75, 3.05) is 6.61 Å². The quantitative estimate of drug-likeness (QED) is 0.270. The molecule has 0 aromatic heterocycles. The topological polar surface area (TPSA) is 60.7 Å². The molecule has 3 nitrogen and oxygen atoms in total. The van der Waals surface area contributed by atoms with E-state index in [-0.39, 0.29) is 19.5 Å². The summed E-state index contributed by atoms with van der Waals surface area (Å²) in [7, 11) is 0. The molecule has 0 aliphatic rings. The summed E-state index contributed by atoms with van der Waals surface area (Å²) in [6, 6.07) is 0. The molecule has 0 atom stereocenters. The molecule has 3 N–H and O–H groups in total. The van der Waals surface area contributed by atoms with Crippen LogP contribution in [0.15, 0.2) is 0 Å². The molecule has 0 rings (SSSR count). The fourth-order valence-corrected chi connectivity index (χ4v) is 0.258. The molecule has 0 aromatic rings. The predicted octanol–water partition coefficient (Wildman–Crippen LogP) is 2.62. The second-order valence-electron chi connectivity index (χ2n) is 3.81. The molecule has 0 fully saturated rings. The van der Waals surface area contributed by atoms with Gasteiger partial charge in [-0.1, -0.05) is 39.9 Å². The first kappa shape index (κ1) is 26.1. The van der Waals surface area contributed by atoms with E-state index < -0.39 is 5.69 Å². The molecular formula is C9H24O3PS2Zn-. The fraction of sp³-hybridized carbons (Fsp3) is 0.889. The molecule has 0 bridgehead atoms. The van der Waals surface area contributed by atoms with E-state index in [1.165, 1.54) is 0 Å². The van der Waals surface area contributed by atoms with Crippen LogP contribution in [0, 0.1) is 18.8 Å². The Kier molecular flexibility index (Phi) is 27.0. The molecule has 98 valence electrons. The van der Waals surface area contributed by atoms with E-state index in [4.69, 9.17) is 14.9 Å². The van der Waals surface area contributed by atoms with Gasteiger partial charge in [0.05, 0.1) is 0 Å². The molecule has 0 saturated heterocycles. The molecule has 7 heteroatoms. The van der Waals surface area contributed by atoms with Crippen LogP contribution in [0.2, 0.25) is 0 Å². The molecule has 16 heavy (non-hydrogen) atoms. The number of thiol groups is 1. The maximum atomic E-state index is 8.24. The first-order valence-corrected chi connectivity index (χ1v) is 8.59. The standard InChI is InChI=1S/C5H12O.C4H9.H3O2PS2.Zn/c1-5(2)3-4-6;1-4(2)3;1-3(2,4)5;/h5-6H,3-4H2,1-2H3;4H,1H2,2-3H3;(H3,1,2,4,5);/q;-1;;. The molecule has 0 saturated carbocycles. The van der Waals surface area contributed by atoms with Gasteiger partial charge in [0.1, 0.15) is 0 Å². The third-order valence-corrected chi connectivity index (χ3v) is 0.706. The second-order valence-corrected chi connectivity index (χ2v) is 8.85. The van der Waals surface area contributed by atoms with Crippen molar-refractivity contribution in [3.05, 3.63) is 6.92 Å². The Labute approximate surface area is 123 Å². The average molecular weight is 341 g/mol. The van der Waals surface area contributed by atoms with E-state index in [1.807, 2.05) is 0 Å². The van der Waals surface area contributed by atoms with Gasteiger partial charge in [-0.15, -0.1) is 0 Å². The van der Waals surface area contributed by atoms with E-state index in [0.29, 0.717) is 18.4 Å². The third-order valence-electron chi connectivity index (χ3n) is 0.706. The Morgan fingerprint density at radius 1 is 1.25 bits per heavy atom. The molecule has 0 aromatic carbocycles. The molecule has 0 heterocycles. The van der Waals surface area contributed by atoms with E-state index in [9.17, 15) is 0 Å². The zero-order valence-electron chi connectivity index (χ0n) is 10.6. The third kappa shape index (κ3) is 161. The summed E-state index contributed by atoms with van der Waals surface area (Å²) in [4.78, 5) is 15.7. The summed E-state index contributed by atoms with van der Waals surface area (Å²) in [6.45, 7) is 12.3. The Morgan fingerprint density at radius 2 is 1.44 bits per heavy atom. The van der Waals surface area contributed by atoms with Crippen molar-refractivity contribution >= 4 is 29.7 Å². The number of aliphatic hydroxyl groups is 1. The van der Waals surface area contributed by atoms with Crippen molar-refractivity contribution in [1.82, 2.24) is 0 Å². The van der Waals surface area contributed by atoms with Gasteiger partial charge in [-0.25, -0.2) is 0 Å². The SMILES string of the molecule is CC(C)CCO.OP(O)(=S)S.[CH2-]C(C)C.[Zn]. The summed E-state index contributed by atoms with van der Waals surface area (Å²) in [5, 5.41) is 8.24. The number of hydrogen-bond acceptors (Lipinski definition) is 2. The second kappa shape index (κ2) is 16.5. The monoisotopic (exact) mass is 339 g/mol. The number of aliphatic hydroxyl groups excluding tert-OH is 1. The van der Waals surface area contributed by atoms with Gasteiger partial charge in [0.2, 0.25) is 5.69 Å². The van der Waals surface area contributed by atoms with Gasteiger partial charge in [-0.2, -0.15) is 5.92 Å². The van der Waals surface area contributed by atoms with E-state index >= 15 is 0 Å². The summed E-state index contributed by atoms with van der Waals surface area (Å²) < 4.78 is 0. The van der Waals surface area contributed by atoms with Crippen LogP contribution >= 0.6 is 17.9 Å². The summed E-state index contributed by atoms with van der Waals surface area (Å²) >= 11 is 7.07. The zero-order chi connectivity index (χ0) is 13.1. The Bertz CT molecular complexity index is 152. The largest absolute Gasteiger partial charge is 0.396 e. The van der Waals surface area contributed by atoms with Crippen LogP contribution in [0.4, 0.5) is 0 Å². The van der Waals surface area contributed by atoms with Crippen LogP contribution < -0.4 is 0 Å². The normalized spacial score (nSPS) is 9.69. The fourth-order valence-electron chi connectivity index (χ4n) is 0.258. The minimum absolute atomic E-state index is 0. The molecule has 0 amide bonds. The van der Waals surface area contributed by atoms with Crippen LogP contribution in [-0.2, 0) is 31.3 Å². The van der Waals surface area contributed by atoms with Crippen LogP contribution in [0.5, 0.6) is 0 Å². The van der Waals surface area contributed by atoms with Crippen LogP contribution in [0.25, 0.3) is 0 Å². The number of hydrogen-bond donors (Lipinski definition) is 4. The minimum Gasteiger partial charge on any atom is -0.396 e. The van der Waals surface area contributed by atoms with Crippen LogP contribution in [0.1, 0.15) is 34.1 Å². The van der Waals surface area contributed by atoms with Crippen molar-refractivity contribution in [1.29, 1.82) is 0 Å². The van der Waals surface area contributed by atoms with Gasteiger partial charge in [-0.05, 0) is 24.1 Å². The number of rotatable bonds is 2. The summed E-state index contributed by atoms with van der Waals surface area (Å²) in [6.07, 6.45) is 0.931. The summed E-state index contributed by atoms with van der Waals surface area (Å²) in [5.41, 5.74) is -3.11. The van der Waals surface area contributed by atoms with Gasteiger partial charge in [0.25, 0.3) is 0 Å². The molecular weight excluding hydrogens is 317 g/mol. The van der Waals surface area contributed by atoms with E-state index in [0.717, 1.165) is 6.42 Å². The zero-order valence-corrected chi connectivity index (χ0v) is 16.2. The van der Waals surface area contributed by atoms with E-state index in [1.54, 1.807) is 0 Å². The van der Waals surface area contributed by atoms with Gasteiger partial charge < -0.3 is 21.8 Å². The maximum Gasteiger partial charge on any atom is 0.239 e. The van der Waals surface area contributed by atoms with Gasteiger partial charge in [0.15, 0.2) is 0 Å². The van der Waals surface area contributed by atoms with Crippen LogP contribution in [0.3, 0.4) is 0 Å².